The van der Waals surface area contributed by atoms with E-state index in [2.05, 4.69) is 14.5 Å². The number of aromatic nitrogens is 1. The van der Waals surface area contributed by atoms with E-state index in [-0.39, 0.29) is 12.1 Å². The lowest BCUT2D eigenvalue weighted by molar-refractivity contribution is -0.139. The summed E-state index contributed by atoms with van der Waals surface area (Å²) in [5.74, 6) is -0.984. The summed E-state index contributed by atoms with van der Waals surface area (Å²) >= 11 is 0. The smallest absolute Gasteiger partial charge is 0.356 e. The number of ether oxygens (including phenoxy) is 2. The summed E-state index contributed by atoms with van der Waals surface area (Å²) in [7, 11) is 2.55. The van der Waals surface area contributed by atoms with Crippen LogP contribution in [0.3, 0.4) is 0 Å². The maximum Gasteiger partial charge on any atom is 0.356 e. The highest BCUT2D eigenvalue weighted by Crippen LogP contribution is 2.08. The Balaban J connectivity index is 2.96. The van der Waals surface area contributed by atoms with Gasteiger partial charge in [-0.15, -0.1) is 0 Å². The Hall–Kier alpha value is -1.91. The van der Waals surface area contributed by atoms with Crippen molar-refractivity contribution in [3.8, 4) is 0 Å². The fourth-order valence-corrected chi connectivity index (χ4v) is 1.09. The second-order valence-corrected chi connectivity index (χ2v) is 2.76. The molecule has 0 amide bonds. The topological polar surface area (TPSA) is 65.5 Å². The molecule has 0 saturated carbocycles. The van der Waals surface area contributed by atoms with Crippen molar-refractivity contribution in [2.45, 2.75) is 6.42 Å². The van der Waals surface area contributed by atoms with Gasteiger partial charge in [-0.2, -0.15) is 0 Å². The molecule has 0 atom stereocenters. The Morgan fingerprint density at radius 1 is 1.33 bits per heavy atom. The number of nitrogens with zero attached hydrogens (tertiary/aromatic N) is 1. The van der Waals surface area contributed by atoms with Gasteiger partial charge in [-0.05, 0) is 11.6 Å². The van der Waals surface area contributed by atoms with E-state index < -0.39 is 11.9 Å². The Kier molecular flexibility index (Phi) is 3.79. The summed E-state index contributed by atoms with van der Waals surface area (Å²) in [6.45, 7) is 0. The first-order valence-electron chi connectivity index (χ1n) is 4.28. The number of esters is 2. The molecule has 1 heterocycles. The van der Waals surface area contributed by atoms with Gasteiger partial charge >= 0.3 is 11.9 Å². The number of carbonyl (C=O) groups is 2. The molecule has 0 bridgehead atoms. The molecule has 0 unspecified atom stereocenters. The minimum Gasteiger partial charge on any atom is -0.469 e. The third-order valence-corrected chi connectivity index (χ3v) is 1.83. The maximum absolute atomic E-state index is 11.3. The predicted octanol–water partition coefficient (Wildman–Crippen LogP) is 0.584. The Bertz CT molecular complexity index is 375. The molecule has 1 rings (SSSR count). The zero-order valence-electron chi connectivity index (χ0n) is 8.52. The van der Waals surface area contributed by atoms with E-state index in [0.29, 0.717) is 5.56 Å². The van der Waals surface area contributed by atoms with Gasteiger partial charge in [0.25, 0.3) is 0 Å². The van der Waals surface area contributed by atoms with Gasteiger partial charge in [0.15, 0.2) is 5.69 Å². The summed E-state index contributed by atoms with van der Waals surface area (Å²) in [6, 6.07) is 3.28. The van der Waals surface area contributed by atoms with Crippen molar-refractivity contribution in [2.24, 2.45) is 0 Å². The van der Waals surface area contributed by atoms with Gasteiger partial charge in [0.05, 0.1) is 20.6 Å². The van der Waals surface area contributed by atoms with Crippen LogP contribution in [0.2, 0.25) is 0 Å². The molecule has 1 aromatic heterocycles. The van der Waals surface area contributed by atoms with Crippen molar-refractivity contribution in [3.63, 3.8) is 0 Å². The van der Waals surface area contributed by atoms with E-state index in [0.717, 1.165) is 0 Å². The van der Waals surface area contributed by atoms with Crippen molar-refractivity contribution < 1.29 is 19.1 Å². The quantitative estimate of drug-likeness (QED) is 0.681. The summed E-state index contributed by atoms with van der Waals surface area (Å²) < 4.78 is 9.04. The van der Waals surface area contributed by atoms with Crippen LogP contribution in [-0.4, -0.2) is 31.1 Å². The van der Waals surface area contributed by atoms with E-state index in [1.165, 1.54) is 20.4 Å². The first kappa shape index (κ1) is 11.2. The monoisotopic (exact) mass is 209 g/mol. The lowest BCUT2D eigenvalue weighted by Crippen LogP contribution is -2.12. The molecule has 0 N–H and O–H groups in total. The molecule has 1 aromatic rings. The van der Waals surface area contributed by atoms with Crippen molar-refractivity contribution in [2.75, 3.05) is 14.2 Å². The molecule has 0 radical (unpaired) electrons. The van der Waals surface area contributed by atoms with Gasteiger partial charge in [-0.1, -0.05) is 6.07 Å². The van der Waals surface area contributed by atoms with E-state index in [1.807, 2.05) is 0 Å². The summed E-state index contributed by atoms with van der Waals surface area (Å²) in [5.41, 5.74) is 0.640. The molecule has 0 aliphatic carbocycles. The van der Waals surface area contributed by atoms with Gasteiger partial charge in [0.1, 0.15) is 0 Å². The van der Waals surface area contributed by atoms with Gasteiger partial charge in [-0.3, -0.25) is 4.79 Å². The molecule has 0 aliphatic heterocycles. The van der Waals surface area contributed by atoms with E-state index in [4.69, 9.17) is 0 Å². The highest BCUT2D eigenvalue weighted by molar-refractivity contribution is 5.90. The van der Waals surface area contributed by atoms with Crippen LogP contribution in [0.5, 0.6) is 0 Å². The van der Waals surface area contributed by atoms with Crippen LogP contribution < -0.4 is 0 Å². The number of carbonyl (C=O) groups excluding carboxylic acids is 2. The molecule has 0 fully saturated rings. The minimum atomic E-state index is -0.561. The summed E-state index contributed by atoms with van der Waals surface area (Å²) in [4.78, 5) is 26.2. The highest BCUT2D eigenvalue weighted by atomic mass is 16.5. The Morgan fingerprint density at radius 2 is 2.07 bits per heavy atom. The SMILES string of the molecule is COC(=O)Cc1cccnc1C(=O)OC. The van der Waals surface area contributed by atoms with Gasteiger partial charge in [-0.25, -0.2) is 9.78 Å². The number of hydrogen-bond donors (Lipinski definition) is 0. The summed E-state index contributed by atoms with van der Waals surface area (Å²) in [6.07, 6.45) is 1.47. The van der Waals surface area contributed by atoms with Gasteiger partial charge < -0.3 is 9.47 Å². The summed E-state index contributed by atoms with van der Waals surface area (Å²) in [5, 5.41) is 0. The van der Waals surface area contributed by atoms with Crippen LogP contribution in [0.25, 0.3) is 0 Å². The fraction of sp³-hybridized carbons (Fsp3) is 0.300. The van der Waals surface area contributed by atoms with Crippen molar-refractivity contribution in [1.29, 1.82) is 0 Å². The average molecular weight is 209 g/mol. The third-order valence-electron chi connectivity index (χ3n) is 1.83. The predicted molar refractivity (Wildman–Crippen MR) is 51.3 cm³/mol. The van der Waals surface area contributed by atoms with Gasteiger partial charge in [0, 0.05) is 6.20 Å². The molecule has 5 nitrogen and oxygen atoms in total. The second-order valence-electron chi connectivity index (χ2n) is 2.76. The molecular weight excluding hydrogens is 198 g/mol. The second kappa shape index (κ2) is 5.09. The zero-order valence-corrected chi connectivity index (χ0v) is 8.52. The number of methoxy groups -OCH3 is 2. The Labute approximate surface area is 87.0 Å². The lowest BCUT2D eigenvalue weighted by Gasteiger charge is -2.04. The van der Waals surface area contributed by atoms with Crippen LogP contribution >= 0.6 is 0 Å². The van der Waals surface area contributed by atoms with E-state index in [9.17, 15) is 9.59 Å². The maximum atomic E-state index is 11.3. The van der Waals surface area contributed by atoms with Gasteiger partial charge in [0.2, 0.25) is 0 Å². The van der Waals surface area contributed by atoms with Crippen LogP contribution in [0.15, 0.2) is 18.3 Å². The van der Waals surface area contributed by atoms with Crippen LogP contribution in [0.1, 0.15) is 16.1 Å². The number of rotatable bonds is 3. The molecular formula is C10H11NO4. The molecule has 0 aromatic carbocycles. The highest BCUT2D eigenvalue weighted by Gasteiger charge is 2.15. The van der Waals surface area contributed by atoms with Crippen molar-refractivity contribution >= 4 is 11.9 Å². The van der Waals surface area contributed by atoms with Crippen molar-refractivity contribution in [1.82, 2.24) is 4.98 Å². The molecule has 5 heteroatoms. The number of hydrogen-bond acceptors (Lipinski definition) is 5. The Morgan fingerprint density at radius 3 is 2.67 bits per heavy atom. The third kappa shape index (κ3) is 2.77. The molecule has 0 spiro atoms. The average Bonchev–Trinajstić information content (AvgIpc) is 2.28. The molecule has 80 valence electrons. The lowest BCUT2D eigenvalue weighted by atomic mass is 10.1. The number of pyridine rings is 1. The minimum absolute atomic E-state index is 0.00870. The molecule has 0 saturated heterocycles. The first-order valence-corrected chi connectivity index (χ1v) is 4.28. The first-order chi connectivity index (χ1) is 7.19. The van der Waals surface area contributed by atoms with Crippen LogP contribution in [0.4, 0.5) is 0 Å². The van der Waals surface area contributed by atoms with E-state index >= 15 is 0 Å². The normalized spacial score (nSPS) is 9.47. The zero-order chi connectivity index (χ0) is 11.3. The van der Waals surface area contributed by atoms with Crippen LogP contribution in [0, 0.1) is 0 Å². The van der Waals surface area contributed by atoms with Crippen molar-refractivity contribution in [3.05, 3.63) is 29.6 Å². The van der Waals surface area contributed by atoms with Crippen LogP contribution in [-0.2, 0) is 20.7 Å². The fourth-order valence-electron chi connectivity index (χ4n) is 1.09. The largest absolute Gasteiger partial charge is 0.469 e. The van der Waals surface area contributed by atoms with E-state index in [1.54, 1.807) is 12.1 Å². The molecule has 15 heavy (non-hydrogen) atoms. The molecule has 0 aliphatic rings. The standard InChI is InChI=1S/C10H11NO4/c1-14-8(12)6-7-4-3-5-11-9(7)10(13)15-2/h3-5H,6H2,1-2H3.